The van der Waals surface area contributed by atoms with Gasteiger partial charge in [0.15, 0.2) is 11.5 Å². The molecule has 0 saturated heterocycles. The Hall–Kier alpha value is -3.02. The molecular formula is C18H15FN2O3. The van der Waals surface area contributed by atoms with E-state index in [0.29, 0.717) is 17.2 Å². The van der Waals surface area contributed by atoms with Crippen LogP contribution in [0.1, 0.15) is 11.3 Å². The fourth-order valence-electron chi connectivity index (χ4n) is 2.92. The lowest BCUT2D eigenvalue weighted by Crippen LogP contribution is -2.14. The summed E-state index contributed by atoms with van der Waals surface area (Å²) in [5.74, 6) is 0.773. The zero-order valence-electron chi connectivity index (χ0n) is 13.0. The van der Waals surface area contributed by atoms with Crippen LogP contribution in [0.3, 0.4) is 0 Å². The van der Waals surface area contributed by atoms with Crippen LogP contribution in [0.25, 0.3) is 10.9 Å². The average molecular weight is 326 g/mol. The molecular weight excluding hydrogens is 311 g/mol. The van der Waals surface area contributed by atoms with Crippen molar-refractivity contribution >= 4 is 22.5 Å². The van der Waals surface area contributed by atoms with Crippen molar-refractivity contribution in [3.05, 3.63) is 53.5 Å². The monoisotopic (exact) mass is 326 g/mol. The van der Waals surface area contributed by atoms with E-state index in [1.807, 2.05) is 6.92 Å². The average Bonchev–Trinajstić information content (AvgIpc) is 3.12. The van der Waals surface area contributed by atoms with Gasteiger partial charge >= 0.3 is 0 Å². The summed E-state index contributed by atoms with van der Waals surface area (Å²) in [7, 11) is 0. The van der Waals surface area contributed by atoms with Gasteiger partial charge in [0, 0.05) is 28.4 Å². The van der Waals surface area contributed by atoms with E-state index in [9.17, 15) is 9.18 Å². The molecule has 2 aromatic carbocycles. The van der Waals surface area contributed by atoms with E-state index in [1.54, 1.807) is 24.3 Å². The first-order valence-electron chi connectivity index (χ1n) is 7.56. The van der Waals surface area contributed by atoms with Crippen molar-refractivity contribution in [2.24, 2.45) is 0 Å². The van der Waals surface area contributed by atoms with Crippen LogP contribution in [0.5, 0.6) is 11.5 Å². The van der Waals surface area contributed by atoms with Gasteiger partial charge in [-0.2, -0.15) is 0 Å². The molecule has 5 nitrogen and oxygen atoms in total. The number of carbonyl (C=O) groups is 1. The van der Waals surface area contributed by atoms with E-state index in [1.165, 1.54) is 12.1 Å². The smallest absolute Gasteiger partial charge is 0.231 e. The summed E-state index contributed by atoms with van der Waals surface area (Å²) in [6.07, 6.45) is 0.156. The SMILES string of the molecule is Cc1[nH]c2ccc(F)cc2c1CC(=O)Nc1ccc2c(c1)OCO2. The number of H-pyrrole nitrogens is 1. The molecule has 0 bridgehead atoms. The third kappa shape index (κ3) is 2.56. The first kappa shape index (κ1) is 14.6. The van der Waals surface area contributed by atoms with Crippen LogP contribution in [-0.4, -0.2) is 17.7 Å². The molecule has 4 rings (SSSR count). The fourth-order valence-corrected chi connectivity index (χ4v) is 2.92. The lowest BCUT2D eigenvalue weighted by atomic mass is 10.1. The van der Waals surface area contributed by atoms with Crippen LogP contribution in [0.15, 0.2) is 36.4 Å². The Kier molecular flexibility index (Phi) is 3.37. The maximum absolute atomic E-state index is 13.5. The van der Waals surface area contributed by atoms with Crippen LogP contribution in [0.2, 0.25) is 0 Å². The Morgan fingerprint density at radius 3 is 2.92 bits per heavy atom. The predicted octanol–water partition coefficient (Wildman–Crippen LogP) is 3.53. The number of halogens is 1. The van der Waals surface area contributed by atoms with Gasteiger partial charge < -0.3 is 19.8 Å². The molecule has 0 radical (unpaired) electrons. The molecule has 0 unspecified atom stereocenters. The van der Waals surface area contributed by atoms with Crippen molar-refractivity contribution in [2.75, 3.05) is 12.1 Å². The molecule has 0 atom stereocenters. The third-order valence-corrected chi connectivity index (χ3v) is 4.08. The number of aryl methyl sites for hydroxylation is 1. The standard InChI is InChI=1S/C18H15FN2O3/c1-10-13(14-6-11(19)2-4-15(14)20-10)8-18(22)21-12-3-5-16-17(7-12)24-9-23-16/h2-7,20H,8-9H2,1H3,(H,21,22). The number of hydrogen-bond acceptors (Lipinski definition) is 3. The number of nitrogens with one attached hydrogen (secondary N) is 2. The second-order valence-electron chi connectivity index (χ2n) is 5.71. The van der Waals surface area contributed by atoms with Crippen molar-refractivity contribution in [2.45, 2.75) is 13.3 Å². The second-order valence-corrected chi connectivity index (χ2v) is 5.71. The van der Waals surface area contributed by atoms with Crippen molar-refractivity contribution in [3.8, 4) is 11.5 Å². The van der Waals surface area contributed by atoms with E-state index >= 15 is 0 Å². The number of rotatable bonds is 3. The summed E-state index contributed by atoms with van der Waals surface area (Å²) in [6, 6.07) is 9.76. The van der Waals surface area contributed by atoms with Crippen molar-refractivity contribution in [1.29, 1.82) is 0 Å². The Morgan fingerprint density at radius 2 is 2.04 bits per heavy atom. The predicted molar refractivity (Wildman–Crippen MR) is 87.9 cm³/mol. The van der Waals surface area contributed by atoms with E-state index in [2.05, 4.69) is 10.3 Å². The van der Waals surface area contributed by atoms with Crippen molar-refractivity contribution in [1.82, 2.24) is 4.98 Å². The summed E-state index contributed by atoms with van der Waals surface area (Å²) in [5, 5.41) is 3.56. The molecule has 24 heavy (non-hydrogen) atoms. The van der Waals surface area contributed by atoms with Gasteiger partial charge in [-0.3, -0.25) is 4.79 Å². The fraction of sp³-hybridized carbons (Fsp3) is 0.167. The van der Waals surface area contributed by atoms with E-state index < -0.39 is 0 Å². The zero-order chi connectivity index (χ0) is 16.7. The molecule has 0 aliphatic carbocycles. The van der Waals surface area contributed by atoms with Gasteiger partial charge in [-0.1, -0.05) is 0 Å². The molecule has 0 fully saturated rings. The lowest BCUT2D eigenvalue weighted by molar-refractivity contribution is -0.115. The topological polar surface area (TPSA) is 63.4 Å². The molecule has 1 aliphatic rings. The van der Waals surface area contributed by atoms with Crippen LogP contribution in [0, 0.1) is 12.7 Å². The Morgan fingerprint density at radius 1 is 1.21 bits per heavy atom. The van der Waals surface area contributed by atoms with Crippen LogP contribution in [-0.2, 0) is 11.2 Å². The molecule has 0 spiro atoms. The Bertz CT molecular complexity index is 949. The number of fused-ring (bicyclic) bond motifs is 2. The Labute approximate surface area is 137 Å². The molecule has 0 saturated carbocycles. The van der Waals surface area contributed by atoms with Gasteiger partial charge in [-0.15, -0.1) is 0 Å². The maximum Gasteiger partial charge on any atom is 0.231 e. The molecule has 1 aliphatic heterocycles. The van der Waals surface area contributed by atoms with Gasteiger partial charge in [0.2, 0.25) is 12.7 Å². The number of aromatic nitrogens is 1. The van der Waals surface area contributed by atoms with E-state index in [-0.39, 0.29) is 24.9 Å². The van der Waals surface area contributed by atoms with Gasteiger partial charge in [0.05, 0.1) is 6.42 Å². The molecule has 2 N–H and O–H groups in total. The first-order valence-corrected chi connectivity index (χ1v) is 7.56. The molecule has 1 amide bonds. The van der Waals surface area contributed by atoms with Gasteiger partial charge in [0.1, 0.15) is 5.82 Å². The third-order valence-electron chi connectivity index (χ3n) is 4.08. The number of benzene rings is 2. The highest BCUT2D eigenvalue weighted by Crippen LogP contribution is 2.34. The largest absolute Gasteiger partial charge is 0.454 e. The summed E-state index contributed by atoms with van der Waals surface area (Å²) in [6.45, 7) is 2.06. The number of hydrogen-bond donors (Lipinski definition) is 2. The van der Waals surface area contributed by atoms with Gasteiger partial charge in [0.25, 0.3) is 0 Å². The normalized spacial score (nSPS) is 12.6. The molecule has 2 heterocycles. The number of anilines is 1. The second kappa shape index (κ2) is 5.56. The molecule has 3 aromatic rings. The summed E-state index contributed by atoms with van der Waals surface area (Å²) in [4.78, 5) is 15.5. The Balaban J connectivity index is 1.56. The van der Waals surface area contributed by atoms with Crippen LogP contribution < -0.4 is 14.8 Å². The quantitative estimate of drug-likeness (QED) is 0.774. The first-order chi connectivity index (χ1) is 11.6. The number of carbonyl (C=O) groups excluding carboxylic acids is 1. The molecule has 122 valence electrons. The lowest BCUT2D eigenvalue weighted by Gasteiger charge is -2.07. The summed E-state index contributed by atoms with van der Waals surface area (Å²) < 4.78 is 24.0. The minimum Gasteiger partial charge on any atom is -0.454 e. The van der Waals surface area contributed by atoms with E-state index in [4.69, 9.17) is 9.47 Å². The van der Waals surface area contributed by atoms with Crippen LogP contribution >= 0.6 is 0 Å². The molecule has 1 aromatic heterocycles. The number of ether oxygens (including phenoxy) is 2. The van der Waals surface area contributed by atoms with E-state index in [0.717, 1.165) is 22.2 Å². The zero-order valence-corrected chi connectivity index (χ0v) is 13.0. The van der Waals surface area contributed by atoms with Crippen LogP contribution in [0.4, 0.5) is 10.1 Å². The number of amides is 1. The molecule has 6 heteroatoms. The highest BCUT2D eigenvalue weighted by atomic mass is 19.1. The highest BCUT2D eigenvalue weighted by Gasteiger charge is 2.16. The van der Waals surface area contributed by atoms with Gasteiger partial charge in [-0.05, 0) is 42.8 Å². The summed E-state index contributed by atoms with van der Waals surface area (Å²) >= 11 is 0. The highest BCUT2D eigenvalue weighted by molar-refractivity contribution is 5.96. The minimum atomic E-state index is -0.320. The maximum atomic E-state index is 13.5. The minimum absolute atomic E-state index is 0.156. The van der Waals surface area contributed by atoms with Crippen molar-refractivity contribution in [3.63, 3.8) is 0 Å². The number of aromatic amines is 1. The van der Waals surface area contributed by atoms with Gasteiger partial charge in [-0.25, -0.2) is 4.39 Å². The van der Waals surface area contributed by atoms with Crippen molar-refractivity contribution < 1.29 is 18.7 Å². The summed E-state index contributed by atoms with van der Waals surface area (Å²) in [5.41, 5.74) is 3.10.